The third-order valence-corrected chi connectivity index (χ3v) is 3.77. The van der Waals surface area contributed by atoms with Gasteiger partial charge < -0.3 is 10.3 Å². The van der Waals surface area contributed by atoms with E-state index in [0.717, 1.165) is 43.2 Å². The highest BCUT2D eigenvalue weighted by Crippen LogP contribution is 2.20. The molecular weight excluding hydrogens is 252 g/mol. The van der Waals surface area contributed by atoms with Crippen LogP contribution in [0, 0.1) is 0 Å². The van der Waals surface area contributed by atoms with Gasteiger partial charge in [0.05, 0.1) is 5.69 Å². The van der Waals surface area contributed by atoms with Gasteiger partial charge in [0.25, 0.3) is 0 Å². The first-order valence-electron chi connectivity index (χ1n) is 7.18. The summed E-state index contributed by atoms with van der Waals surface area (Å²) in [7, 11) is 2.15. The van der Waals surface area contributed by atoms with Gasteiger partial charge in [-0.2, -0.15) is 5.10 Å². The van der Waals surface area contributed by atoms with Crippen molar-refractivity contribution in [3.8, 4) is 0 Å². The molecule has 3 rings (SSSR count). The van der Waals surface area contributed by atoms with Gasteiger partial charge in [0.15, 0.2) is 5.82 Å². The summed E-state index contributed by atoms with van der Waals surface area (Å²) in [6, 6.07) is 2.12. The van der Waals surface area contributed by atoms with Crippen molar-refractivity contribution in [1.29, 1.82) is 0 Å². The molecule has 0 bridgehead atoms. The van der Waals surface area contributed by atoms with Crippen LogP contribution in [-0.4, -0.2) is 57.7 Å². The van der Waals surface area contributed by atoms with Gasteiger partial charge in [0.1, 0.15) is 5.52 Å². The zero-order valence-corrected chi connectivity index (χ0v) is 12.4. The molecule has 1 N–H and O–H groups in total. The minimum absolute atomic E-state index is 0.423. The molecule has 1 aliphatic heterocycles. The zero-order valence-electron chi connectivity index (χ0n) is 12.4. The van der Waals surface area contributed by atoms with E-state index in [0.29, 0.717) is 5.92 Å². The third-order valence-electron chi connectivity index (χ3n) is 3.77. The molecule has 6 nitrogen and oxygen atoms in total. The monoisotopic (exact) mass is 274 g/mol. The van der Waals surface area contributed by atoms with Crippen LogP contribution in [0.4, 0.5) is 5.82 Å². The molecule has 6 heteroatoms. The van der Waals surface area contributed by atoms with Crippen LogP contribution in [0.15, 0.2) is 18.5 Å². The van der Waals surface area contributed by atoms with Crippen LogP contribution in [0.3, 0.4) is 0 Å². The average Bonchev–Trinajstić information content (AvgIpc) is 2.87. The summed E-state index contributed by atoms with van der Waals surface area (Å²) in [5, 5.41) is 6.81. The van der Waals surface area contributed by atoms with Gasteiger partial charge in [-0.05, 0) is 19.0 Å². The number of anilines is 1. The second-order valence-corrected chi connectivity index (χ2v) is 5.73. The number of likely N-dealkylation sites (N-methyl/N-ethyl adjacent to an activating group) is 1. The molecule has 2 aromatic heterocycles. The fourth-order valence-corrected chi connectivity index (χ4v) is 2.38. The van der Waals surface area contributed by atoms with E-state index in [1.165, 1.54) is 0 Å². The van der Waals surface area contributed by atoms with Crippen LogP contribution in [0.25, 0.3) is 5.52 Å². The lowest BCUT2D eigenvalue weighted by molar-refractivity contribution is 0.178. The fraction of sp³-hybridized carbons (Fsp3) is 0.571. The standard InChI is InChI=1S/C14H22N6/c1-11(2)12-10-13-14(15-4-5-20(13)16-12)17-19-8-6-18(3)7-9-19/h4-5,10-11H,6-9H2,1-3H3,(H,15,17). The summed E-state index contributed by atoms with van der Waals surface area (Å²) < 4.78 is 1.90. The molecule has 0 aromatic carbocycles. The number of hydrogen-bond donors (Lipinski definition) is 1. The van der Waals surface area contributed by atoms with Crippen molar-refractivity contribution in [1.82, 2.24) is 24.5 Å². The van der Waals surface area contributed by atoms with Crippen LogP contribution in [0.2, 0.25) is 0 Å². The summed E-state index contributed by atoms with van der Waals surface area (Å²) in [5.74, 6) is 1.31. The highest BCUT2D eigenvalue weighted by Gasteiger charge is 2.16. The highest BCUT2D eigenvalue weighted by atomic mass is 15.5. The molecule has 0 spiro atoms. The van der Waals surface area contributed by atoms with E-state index in [4.69, 9.17) is 0 Å². The number of piperazine rings is 1. The van der Waals surface area contributed by atoms with Gasteiger partial charge in [0.2, 0.25) is 0 Å². The Hall–Kier alpha value is -1.66. The molecule has 20 heavy (non-hydrogen) atoms. The number of fused-ring (bicyclic) bond motifs is 1. The molecule has 1 saturated heterocycles. The molecule has 1 fully saturated rings. The Kier molecular flexibility index (Phi) is 3.58. The minimum Gasteiger partial charge on any atom is -0.304 e. The summed E-state index contributed by atoms with van der Waals surface area (Å²) in [6.07, 6.45) is 3.69. The Morgan fingerprint density at radius 2 is 1.95 bits per heavy atom. The molecule has 0 atom stereocenters. The summed E-state index contributed by atoms with van der Waals surface area (Å²) in [5.41, 5.74) is 5.57. The van der Waals surface area contributed by atoms with Gasteiger partial charge in [-0.15, -0.1) is 0 Å². The molecule has 0 aliphatic carbocycles. The molecule has 0 amide bonds. The number of nitrogens with one attached hydrogen (secondary N) is 1. The largest absolute Gasteiger partial charge is 0.304 e. The molecule has 108 valence electrons. The molecule has 0 saturated carbocycles. The first-order chi connectivity index (χ1) is 9.63. The Bertz CT molecular complexity index is 582. The van der Waals surface area contributed by atoms with Crippen molar-refractivity contribution in [3.63, 3.8) is 0 Å². The maximum Gasteiger partial charge on any atom is 0.166 e. The fourth-order valence-electron chi connectivity index (χ4n) is 2.38. The Balaban J connectivity index is 1.84. The highest BCUT2D eigenvalue weighted by molar-refractivity contribution is 5.67. The second-order valence-electron chi connectivity index (χ2n) is 5.73. The van der Waals surface area contributed by atoms with Crippen LogP contribution in [0.5, 0.6) is 0 Å². The van der Waals surface area contributed by atoms with Gasteiger partial charge in [-0.3, -0.25) is 0 Å². The molecule has 0 unspecified atom stereocenters. The van der Waals surface area contributed by atoms with Crippen LogP contribution in [0.1, 0.15) is 25.5 Å². The lowest BCUT2D eigenvalue weighted by Crippen LogP contribution is -2.47. The van der Waals surface area contributed by atoms with Crippen molar-refractivity contribution < 1.29 is 0 Å². The lowest BCUT2D eigenvalue weighted by atomic mass is 10.1. The lowest BCUT2D eigenvalue weighted by Gasteiger charge is -2.32. The number of hydrogen-bond acceptors (Lipinski definition) is 5. The smallest absolute Gasteiger partial charge is 0.166 e. The second kappa shape index (κ2) is 5.38. The Labute approximate surface area is 119 Å². The van der Waals surface area contributed by atoms with E-state index in [9.17, 15) is 0 Å². The maximum absolute atomic E-state index is 4.59. The predicted molar refractivity (Wildman–Crippen MR) is 79.8 cm³/mol. The van der Waals surface area contributed by atoms with E-state index >= 15 is 0 Å². The summed E-state index contributed by atoms with van der Waals surface area (Å²) >= 11 is 0. The topological polar surface area (TPSA) is 48.7 Å². The molecular formula is C14H22N6. The number of rotatable bonds is 3. The van der Waals surface area contributed by atoms with Gasteiger partial charge >= 0.3 is 0 Å². The zero-order chi connectivity index (χ0) is 14.1. The first kappa shape index (κ1) is 13.3. The van der Waals surface area contributed by atoms with Crippen molar-refractivity contribution in [2.24, 2.45) is 0 Å². The van der Waals surface area contributed by atoms with Gasteiger partial charge in [-0.25, -0.2) is 14.5 Å². The molecule has 3 heterocycles. The number of aromatic nitrogens is 3. The number of hydrazine groups is 1. The maximum atomic E-state index is 4.59. The van der Waals surface area contributed by atoms with Crippen LogP contribution >= 0.6 is 0 Å². The molecule has 1 aliphatic rings. The minimum atomic E-state index is 0.423. The number of nitrogens with zero attached hydrogens (tertiary/aromatic N) is 5. The van der Waals surface area contributed by atoms with Crippen molar-refractivity contribution in [2.75, 3.05) is 38.7 Å². The molecule has 2 aromatic rings. The predicted octanol–water partition coefficient (Wildman–Crippen LogP) is 1.43. The SMILES string of the molecule is CC(C)c1cc2c(NN3CCN(C)CC3)nccn2n1. The normalized spacial score (nSPS) is 18.0. The van der Waals surface area contributed by atoms with Crippen molar-refractivity contribution >= 4 is 11.3 Å². The first-order valence-corrected chi connectivity index (χ1v) is 7.18. The molecule has 0 radical (unpaired) electrons. The Morgan fingerprint density at radius 3 is 2.65 bits per heavy atom. The van der Waals surface area contributed by atoms with Crippen molar-refractivity contribution in [3.05, 3.63) is 24.2 Å². The van der Waals surface area contributed by atoms with E-state index in [1.807, 2.05) is 10.7 Å². The summed E-state index contributed by atoms with van der Waals surface area (Å²) in [6.45, 7) is 8.47. The Morgan fingerprint density at radius 1 is 1.20 bits per heavy atom. The van der Waals surface area contributed by atoms with Gasteiger partial charge in [0, 0.05) is 38.6 Å². The van der Waals surface area contributed by atoms with Crippen LogP contribution < -0.4 is 5.43 Å². The van der Waals surface area contributed by atoms with E-state index < -0.39 is 0 Å². The van der Waals surface area contributed by atoms with Crippen LogP contribution in [-0.2, 0) is 0 Å². The average molecular weight is 274 g/mol. The van der Waals surface area contributed by atoms with E-state index in [-0.39, 0.29) is 0 Å². The van der Waals surface area contributed by atoms with E-state index in [1.54, 1.807) is 6.20 Å². The quantitative estimate of drug-likeness (QED) is 0.917. The third kappa shape index (κ3) is 2.62. The van der Waals surface area contributed by atoms with Crippen molar-refractivity contribution in [2.45, 2.75) is 19.8 Å². The van der Waals surface area contributed by atoms with Gasteiger partial charge in [-0.1, -0.05) is 13.8 Å². The van der Waals surface area contributed by atoms with E-state index in [2.05, 4.69) is 52.4 Å². The summed E-state index contributed by atoms with van der Waals surface area (Å²) in [4.78, 5) is 6.80.